The molecule has 0 aromatic carbocycles. The Bertz CT molecular complexity index is 307. The Kier molecular flexibility index (Phi) is 4.36. The number of imidazole rings is 1. The Balaban J connectivity index is 1.71. The Morgan fingerprint density at radius 3 is 3.12 bits per heavy atom. The van der Waals surface area contributed by atoms with Gasteiger partial charge in [0.1, 0.15) is 0 Å². The number of aryl methyl sites for hydroxylation is 1. The molecule has 0 unspecified atom stereocenters. The molecule has 0 spiro atoms. The molecule has 0 bridgehead atoms. The second kappa shape index (κ2) is 6.01. The van der Waals surface area contributed by atoms with Crippen molar-refractivity contribution in [3.63, 3.8) is 0 Å². The molecule has 0 atom stereocenters. The summed E-state index contributed by atoms with van der Waals surface area (Å²) >= 11 is 0. The van der Waals surface area contributed by atoms with Gasteiger partial charge in [-0.05, 0) is 25.7 Å². The smallest absolute Gasteiger partial charge is 0.0948 e. The van der Waals surface area contributed by atoms with Crippen LogP contribution in [0.1, 0.15) is 31.4 Å². The van der Waals surface area contributed by atoms with Crippen LogP contribution in [0.25, 0.3) is 0 Å². The van der Waals surface area contributed by atoms with Crippen LogP contribution in [0.4, 0.5) is 0 Å². The molecule has 1 aromatic heterocycles. The van der Waals surface area contributed by atoms with Crippen LogP contribution in [-0.2, 0) is 17.8 Å². The number of ether oxygens (including phenoxy) is 1. The Morgan fingerprint density at radius 1 is 1.50 bits per heavy atom. The first kappa shape index (κ1) is 11.6. The molecule has 1 heterocycles. The second-order valence-electron chi connectivity index (χ2n) is 4.43. The molecule has 4 heteroatoms. The summed E-state index contributed by atoms with van der Waals surface area (Å²) in [5.41, 5.74) is 1.30. The number of hydrogen-bond donors (Lipinski definition) is 1. The lowest BCUT2D eigenvalue weighted by Gasteiger charge is -2.08. The summed E-state index contributed by atoms with van der Waals surface area (Å²) in [5.74, 6) is 0. The normalized spacial score (nSPS) is 15.6. The molecule has 16 heavy (non-hydrogen) atoms. The van der Waals surface area contributed by atoms with Gasteiger partial charge in [-0.2, -0.15) is 0 Å². The quantitative estimate of drug-likeness (QED) is 0.680. The van der Waals surface area contributed by atoms with Crippen molar-refractivity contribution in [3.05, 3.63) is 18.2 Å². The van der Waals surface area contributed by atoms with E-state index in [9.17, 15) is 0 Å². The summed E-state index contributed by atoms with van der Waals surface area (Å²) in [6.45, 7) is 2.85. The number of nitrogens with zero attached hydrogens (tertiary/aromatic N) is 2. The van der Waals surface area contributed by atoms with Crippen molar-refractivity contribution in [3.8, 4) is 0 Å². The molecule has 0 radical (unpaired) electrons. The van der Waals surface area contributed by atoms with Crippen LogP contribution in [0.3, 0.4) is 0 Å². The number of methoxy groups -OCH3 is 1. The highest BCUT2D eigenvalue weighted by Crippen LogP contribution is 2.19. The number of hydrogen-bond acceptors (Lipinski definition) is 3. The first-order valence-corrected chi connectivity index (χ1v) is 6.11. The highest BCUT2D eigenvalue weighted by atomic mass is 16.5. The van der Waals surface area contributed by atoms with E-state index in [1.165, 1.54) is 18.5 Å². The van der Waals surface area contributed by atoms with Crippen molar-refractivity contribution in [2.24, 2.45) is 0 Å². The number of nitrogens with one attached hydrogen (secondary N) is 1. The van der Waals surface area contributed by atoms with Gasteiger partial charge in [0.2, 0.25) is 0 Å². The average Bonchev–Trinajstić information content (AvgIpc) is 3.02. The topological polar surface area (TPSA) is 39.1 Å². The SMILES string of the molecule is COCCCCn1cncc1CNC1CC1. The maximum absolute atomic E-state index is 5.04. The minimum absolute atomic E-state index is 0.761. The predicted molar refractivity (Wildman–Crippen MR) is 63.2 cm³/mol. The van der Waals surface area contributed by atoms with Crippen molar-refractivity contribution >= 4 is 0 Å². The average molecular weight is 223 g/mol. The van der Waals surface area contributed by atoms with Gasteiger partial charge in [-0.15, -0.1) is 0 Å². The maximum atomic E-state index is 5.04. The molecule has 1 aliphatic carbocycles. The number of aromatic nitrogens is 2. The minimum Gasteiger partial charge on any atom is -0.385 e. The van der Waals surface area contributed by atoms with E-state index < -0.39 is 0 Å². The van der Waals surface area contributed by atoms with Gasteiger partial charge in [-0.25, -0.2) is 4.98 Å². The lowest BCUT2D eigenvalue weighted by molar-refractivity contribution is 0.191. The molecule has 1 fully saturated rings. The summed E-state index contributed by atoms with van der Waals surface area (Å²) in [6.07, 6.45) is 8.83. The van der Waals surface area contributed by atoms with Crippen LogP contribution in [0.2, 0.25) is 0 Å². The van der Waals surface area contributed by atoms with Crippen molar-refractivity contribution in [2.75, 3.05) is 13.7 Å². The molecule has 2 rings (SSSR count). The zero-order valence-corrected chi connectivity index (χ0v) is 9.98. The highest BCUT2D eigenvalue weighted by Gasteiger charge is 2.20. The van der Waals surface area contributed by atoms with Gasteiger partial charge in [0.05, 0.1) is 12.0 Å². The Hall–Kier alpha value is -0.870. The van der Waals surface area contributed by atoms with Crippen molar-refractivity contribution in [1.82, 2.24) is 14.9 Å². The third-order valence-corrected chi connectivity index (χ3v) is 2.95. The molecule has 0 aliphatic heterocycles. The zero-order chi connectivity index (χ0) is 11.2. The molecule has 1 saturated carbocycles. The van der Waals surface area contributed by atoms with E-state index in [2.05, 4.69) is 14.9 Å². The zero-order valence-electron chi connectivity index (χ0n) is 9.98. The van der Waals surface area contributed by atoms with E-state index in [1.807, 2.05) is 12.5 Å². The van der Waals surface area contributed by atoms with E-state index >= 15 is 0 Å². The monoisotopic (exact) mass is 223 g/mol. The van der Waals surface area contributed by atoms with Gasteiger partial charge in [0.15, 0.2) is 0 Å². The Labute approximate surface area is 97.0 Å². The van der Waals surface area contributed by atoms with Crippen LogP contribution < -0.4 is 5.32 Å². The van der Waals surface area contributed by atoms with Gasteiger partial charge < -0.3 is 14.6 Å². The third kappa shape index (κ3) is 3.61. The number of unbranched alkanes of at least 4 members (excludes halogenated alkanes) is 1. The molecular weight excluding hydrogens is 202 g/mol. The summed E-state index contributed by atoms with van der Waals surface area (Å²) in [4.78, 5) is 4.21. The van der Waals surface area contributed by atoms with Crippen LogP contribution >= 0.6 is 0 Å². The fourth-order valence-electron chi connectivity index (χ4n) is 1.76. The van der Waals surface area contributed by atoms with Crippen LogP contribution in [0.5, 0.6) is 0 Å². The largest absolute Gasteiger partial charge is 0.385 e. The first-order chi connectivity index (χ1) is 7.90. The van der Waals surface area contributed by atoms with Gasteiger partial charge in [-0.3, -0.25) is 0 Å². The van der Waals surface area contributed by atoms with Crippen LogP contribution in [0.15, 0.2) is 12.5 Å². The van der Waals surface area contributed by atoms with Gasteiger partial charge in [0, 0.05) is 39.0 Å². The molecule has 0 amide bonds. The second-order valence-corrected chi connectivity index (χ2v) is 4.43. The molecular formula is C12H21N3O. The lowest BCUT2D eigenvalue weighted by atomic mass is 10.3. The summed E-state index contributed by atoms with van der Waals surface area (Å²) in [6, 6.07) is 0.761. The highest BCUT2D eigenvalue weighted by molar-refractivity contribution is 4.99. The molecule has 0 saturated heterocycles. The van der Waals surface area contributed by atoms with Crippen LogP contribution in [-0.4, -0.2) is 29.3 Å². The fraction of sp³-hybridized carbons (Fsp3) is 0.750. The Morgan fingerprint density at radius 2 is 2.38 bits per heavy atom. The standard InChI is InChI=1S/C12H21N3O/c1-16-7-3-2-6-15-10-13-8-12(15)9-14-11-4-5-11/h8,10-11,14H,2-7,9H2,1H3. The van der Waals surface area contributed by atoms with Gasteiger partial charge in [-0.1, -0.05) is 0 Å². The van der Waals surface area contributed by atoms with Crippen molar-refractivity contribution in [2.45, 2.75) is 44.8 Å². The summed E-state index contributed by atoms with van der Waals surface area (Å²) in [7, 11) is 1.75. The first-order valence-electron chi connectivity index (χ1n) is 6.11. The van der Waals surface area contributed by atoms with E-state index in [0.717, 1.165) is 38.6 Å². The number of rotatable bonds is 8. The summed E-state index contributed by atoms with van der Waals surface area (Å²) < 4.78 is 7.28. The summed E-state index contributed by atoms with van der Waals surface area (Å²) in [5, 5.41) is 3.52. The van der Waals surface area contributed by atoms with Crippen molar-refractivity contribution < 1.29 is 4.74 Å². The molecule has 90 valence electrons. The molecule has 1 N–H and O–H groups in total. The molecule has 1 aliphatic rings. The van der Waals surface area contributed by atoms with E-state index in [1.54, 1.807) is 7.11 Å². The van der Waals surface area contributed by atoms with Crippen molar-refractivity contribution in [1.29, 1.82) is 0 Å². The lowest BCUT2D eigenvalue weighted by Crippen LogP contribution is -2.18. The molecule has 1 aromatic rings. The predicted octanol–water partition coefficient (Wildman–Crippen LogP) is 1.56. The fourth-order valence-corrected chi connectivity index (χ4v) is 1.76. The minimum atomic E-state index is 0.761. The van der Waals surface area contributed by atoms with Gasteiger partial charge in [0.25, 0.3) is 0 Å². The molecule has 4 nitrogen and oxygen atoms in total. The van der Waals surface area contributed by atoms with E-state index in [-0.39, 0.29) is 0 Å². The third-order valence-electron chi connectivity index (χ3n) is 2.95. The van der Waals surface area contributed by atoms with Gasteiger partial charge >= 0.3 is 0 Å². The van der Waals surface area contributed by atoms with E-state index in [0.29, 0.717) is 0 Å². The van der Waals surface area contributed by atoms with E-state index in [4.69, 9.17) is 4.74 Å². The maximum Gasteiger partial charge on any atom is 0.0948 e. The van der Waals surface area contributed by atoms with Crippen LogP contribution in [0, 0.1) is 0 Å².